The van der Waals surface area contributed by atoms with Crippen LogP contribution in [0.2, 0.25) is 5.02 Å². The standard InChI is InChI=1S/C27H21ClFN3O4S2/c28-12-3-1-11(2-4-12)18-19-15-9-16(22(19)37-24-23(18)38-27(36)31-24)21-20(15)25(34)32(26(21)35)10-17(33)30-14-7-5-13(29)6-8-14/h1-8,15-16,18-22H,9-10H2,(H,30,33)(H,31,36). The summed E-state index contributed by atoms with van der Waals surface area (Å²) >= 11 is 8.99. The Labute approximate surface area is 229 Å². The van der Waals surface area contributed by atoms with Crippen LogP contribution in [0.4, 0.5) is 10.1 Å². The number of anilines is 1. The summed E-state index contributed by atoms with van der Waals surface area (Å²) in [6.45, 7) is -0.370. The Morgan fingerprint density at radius 2 is 1.71 bits per heavy atom. The summed E-state index contributed by atoms with van der Waals surface area (Å²) in [4.78, 5) is 57.1. The van der Waals surface area contributed by atoms with E-state index in [1.807, 2.05) is 24.3 Å². The average molecular weight is 570 g/mol. The number of aromatic nitrogens is 1. The first-order chi connectivity index (χ1) is 18.3. The van der Waals surface area contributed by atoms with E-state index in [0.29, 0.717) is 10.7 Å². The molecule has 3 heterocycles. The van der Waals surface area contributed by atoms with Crippen LogP contribution in [0.1, 0.15) is 22.8 Å². The molecule has 0 spiro atoms. The molecule has 0 radical (unpaired) electrons. The minimum Gasteiger partial charge on any atom is -0.325 e. The van der Waals surface area contributed by atoms with Crippen molar-refractivity contribution >= 4 is 58.1 Å². The van der Waals surface area contributed by atoms with Crippen LogP contribution in [0, 0.1) is 35.4 Å². The van der Waals surface area contributed by atoms with Crippen LogP contribution >= 0.6 is 34.7 Å². The molecule has 1 saturated heterocycles. The first-order valence-corrected chi connectivity index (χ1v) is 14.4. The molecule has 7 atom stereocenters. The highest BCUT2D eigenvalue weighted by Gasteiger charge is 2.69. The maximum absolute atomic E-state index is 13.6. The van der Waals surface area contributed by atoms with Crippen molar-refractivity contribution in [1.29, 1.82) is 0 Å². The summed E-state index contributed by atoms with van der Waals surface area (Å²) in [5.74, 6) is -2.51. The fourth-order valence-electron chi connectivity index (χ4n) is 7.16. The third-order valence-corrected chi connectivity index (χ3v) is 11.3. The number of nitrogens with zero attached hydrogens (tertiary/aromatic N) is 1. The SMILES string of the molecule is O=C(CN1C(=O)C2C3CC(C2C1=O)C1C(c2ccc(Cl)cc2)c2sc(=O)[nH]c2SC31)Nc1ccc(F)cc1. The fourth-order valence-corrected chi connectivity index (χ4v) is 10.2. The molecule has 2 aromatic carbocycles. The van der Waals surface area contributed by atoms with E-state index in [9.17, 15) is 23.6 Å². The van der Waals surface area contributed by atoms with Crippen LogP contribution in [-0.4, -0.2) is 39.4 Å². The lowest BCUT2D eigenvalue weighted by Crippen LogP contribution is -2.42. The number of imide groups is 1. The van der Waals surface area contributed by atoms with Crippen molar-refractivity contribution in [2.24, 2.45) is 29.6 Å². The van der Waals surface area contributed by atoms with Gasteiger partial charge in [-0.3, -0.25) is 24.1 Å². The Hall–Kier alpha value is -2.95. The van der Waals surface area contributed by atoms with Gasteiger partial charge in [-0.15, -0.1) is 11.8 Å². The van der Waals surface area contributed by atoms with Gasteiger partial charge in [0.15, 0.2) is 0 Å². The van der Waals surface area contributed by atoms with E-state index >= 15 is 0 Å². The molecule has 3 amide bonds. The Morgan fingerprint density at radius 3 is 2.42 bits per heavy atom. The van der Waals surface area contributed by atoms with Gasteiger partial charge >= 0.3 is 4.87 Å². The number of halogens is 2. The molecule has 38 heavy (non-hydrogen) atoms. The highest BCUT2D eigenvalue weighted by atomic mass is 35.5. The number of carbonyl (C=O) groups excluding carboxylic acids is 3. The molecule has 11 heteroatoms. The molecule has 3 aromatic rings. The predicted octanol–water partition coefficient (Wildman–Crippen LogP) is 4.34. The highest BCUT2D eigenvalue weighted by molar-refractivity contribution is 8.00. The van der Waals surface area contributed by atoms with E-state index in [2.05, 4.69) is 10.3 Å². The molecule has 2 aliphatic carbocycles. The van der Waals surface area contributed by atoms with Crippen LogP contribution in [0.25, 0.3) is 0 Å². The minimum atomic E-state index is -0.504. The summed E-state index contributed by atoms with van der Waals surface area (Å²) in [5.41, 5.74) is 1.43. The second-order valence-electron chi connectivity index (χ2n) is 10.3. The van der Waals surface area contributed by atoms with Gasteiger partial charge < -0.3 is 10.3 Å². The van der Waals surface area contributed by atoms with Gasteiger partial charge in [-0.2, -0.15) is 0 Å². The van der Waals surface area contributed by atoms with E-state index in [1.165, 1.54) is 35.6 Å². The number of thiazole rings is 1. The Morgan fingerprint density at radius 1 is 1.03 bits per heavy atom. The summed E-state index contributed by atoms with van der Waals surface area (Å²) < 4.78 is 13.2. The molecule has 7 rings (SSSR count). The number of fused-ring (bicyclic) bond motifs is 9. The molecule has 2 bridgehead atoms. The summed E-state index contributed by atoms with van der Waals surface area (Å²) in [5, 5.41) is 4.18. The van der Waals surface area contributed by atoms with Crippen LogP contribution in [-0.2, 0) is 14.4 Å². The molecule has 7 unspecified atom stereocenters. The quantitative estimate of drug-likeness (QED) is 0.455. The third-order valence-electron chi connectivity index (χ3n) is 8.47. The lowest BCUT2D eigenvalue weighted by molar-refractivity contribution is -0.143. The lowest BCUT2D eigenvalue weighted by Gasteiger charge is -2.43. The molecule has 3 fully saturated rings. The number of hydrogen-bond acceptors (Lipinski definition) is 6. The van der Waals surface area contributed by atoms with Gasteiger partial charge in [-0.05, 0) is 66.1 Å². The lowest BCUT2D eigenvalue weighted by atomic mass is 9.68. The number of carbonyl (C=O) groups is 3. The fraction of sp³-hybridized carbons (Fsp3) is 0.333. The number of rotatable bonds is 4. The van der Waals surface area contributed by atoms with E-state index in [-0.39, 0.29) is 52.2 Å². The van der Waals surface area contributed by atoms with E-state index in [4.69, 9.17) is 11.6 Å². The topological polar surface area (TPSA) is 99.3 Å². The molecular formula is C27H21ClFN3O4S2. The Bertz CT molecular complexity index is 1540. The normalized spacial score (nSPS) is 30.8. The van der Waals surface area contributed by atoms with Crippen molar-refractivity contribution in [3.05, 3.63) is 79.5 Å². The van der Waals surface area contributed by atoms with Gasteiger partial charge in [-0.25, -0.2) is 4.39 Å². The zero-order valence-corrected chi connectivity index (χ0v) is 22.1. The molecule has 1 aromatic heterocycles. The van der Waals surface area contributed by atoms with Crippen LogP contribution in [0.15, 0.2) is 58.4 Å². The number of H-pyrrole nitrogens is 1. The Kier molecular flexibility index (Phi) is 5.58. The van der Waals surface area contributed by atoms with Crippen molar-refractivity contribution in [1.82, 2.24) is 9.88 Å². The molecule has 2 aliphatic heterocycles. The van der Waals surface area contributed by atoms with Gasteiger partial charge in [0.1, 0.15) is 12.4 Å². The maximum Gasteiger partial charge on any atom is 0.305 e. The largest absolute Gasteiger partial charge is 0.325 e. The molecule has 2 saturated carbocycles. The monoisotopic (exact) mass is 569 g/mol. The van der Waals surface area contributed by atoms with Crippen LogP contribution in [0.5, 0.6) is 0 Å². The van der Waals surface area contributed by atoms with Crippen molar-refractivity contribution in [3.8, 4) is 0 Å². The summed E-state index contributed by atoms with van der Waals surface area (Å²) in [7, 11) is 0. The number of thioether (sulfide) groups is 1. The Balaban J connectivity index is 1.19. The number of aromatic amines is 1. The van der Waals surface area contributed by atoms with Crippen molar-refractivity contribution in [2.45, 2.75) is 22.6 Å². The summed E-state index contributed by atoms with van der Waals surface area (Å²) in [6.07, 6.45) is 0.772. The molecular weight excluding hydrogens is 549 g/mol. The molecule has 7 nitrogen and oxygen atoms in total. The van der Waals surface area contributed by atoms with Crippen molar-refractivity contribution in [3.63, 3.8) is 0 Å². The number of amides is 3. The molecule has 194 valence electrons. The van der Waals surface area contributed by atoms with Crippen molar-refractivity contribution in [2.75, 3.05) is 11.9 Å². The third kappa shape index (κ3) is 3.60. The number of benzene rings is 2. The zero-order valence-electron chi connectivity index (χ0n) is 19.7. The number of hydrogen-bond donors (Lipinski definition) is 2. The minimum absolute atomic E-state index is 0.0204. The first-order valence-electron chi connectivity index (χ1n) is 12.4. The highest BCUT2D eigenvalue weighted by Crippen LogP contribution is 2.68. The van der Waals surface area contributed by atoms with E-state index < -0.39 is 23.6 Å². The van der Waals surface area contributed by atoms with Crippen molar-refractivity contribution < 1.29 is 18.8 Å². The molecule has 4 aliphatic rings. The van der Waals surface area contributed by atoms with Gasteiger partial charge in [0, 0.05) is 26.8 Å². The summed E-state index contributed by atoms with van der Waals surface area (Å²) in [6, 6.07) is 12.9. The van der Waals surface area contributed by atoms with Gasteiger partial charge in [0.25, 0.3) is 0 Å². The van der Waals surface area contributed by atoms with Crippen LogP contribution < -0.4 is 10.2 Å². The zero-order chi connectivity index (χ0) is 26.3. The van der Waals surface area contributed by atoms with Gasteiger partial charge in [0.05, 0.1) is 16.9 Å². The van der Waals surface area contributed by atoms with E-state index in [0.717, 1.165) is 26.8 Å². The average Bonchev–Trinajstić information content (AvgIpc) is 3.62. The predicted molar refractivity (Wildman–Crippen MR) is 142 cm³/mol. The van der Waals surface area contributed by atoms with Gasteiger partial charge in [-0.1, -0.05) is 35.1 Å². The molecule has 2 N–H and O–H groups in total. The number of nitrogens with one attached hydrogen (secondary N) is 2. The van der Waals surface area contributed by atoms with E-state index in [1.54, 1.807) is 11.8 Å². The van der Waals surface area contributed by atoms with Crippen LogP contribution in [0.3, 0.4) is 0 Å². The second kappa shape index (κ2) is 8.79. The smallest absolute Gasteiger partial charge is 0.305 e. The second-order valence-corrected chi connectivity index (χ2v) is 13.0. The number of likely N-dealkylation sites (tertiary alicyclic amines) is 1. The van der Waals surface area contributed by atoms with Gasteiger partial charge in [0.2, 0.25) is 17.7 Å². The maximum atomic E-state index is 13.6. The first kappa shape index (κ1) is 24.1.